The van der Waals surface area contributed by atoms with Crippen LogP contribution in [0.5, 0.6) is 0 Å². The minimum atomic E-state index is 0.0447. The second kappa shape index (κ2) is 3.72. The van der Waals surface area contributed by atoms with Gasteiger partial charge in [0, 0.05) is 18.1 Å². The van der Waals surface area contributed by atoms with E-state index in [0.717, 1.165) is 30.8 Å². The molecular formula is C12H14N4. The highest BCUT2D eigenvalue weighted by Gasteiger charge is 2.21. The number of hydrogen-bond donors (Lipinski definition) is 1. The third-order valence-corrected chi connectivity index (χ3v) is 3.03. The lowest BCUT2D eigenvalue weighted by atomic mass is 10.1. The molecule has 0 saturated carbocycles. The van der Waals surface area contributed by atoms with Crippen LogP contribution in [0, 0.1) is 0 Å². The molecule has 4 nitrogen and oxygen atoms in total. The molecule has 1 atom stereocenters. The first-order chi connectivity index (χ1) is 7.86. The van der Waals surface area contributed by atoms with Crippen LogP contribution in [0.3, 0.4) is 0 Å². The molecular weight excluding hydrogens is 200 g/mol. The SMILES string of the molecule is NC1CCCc2cnc(-c3ccccn3)n21. The van der Waals surface area contributed by atoms with Crippen molar-refractivity contribution in [1.29, 1.82) is 0 Å². The zero-order valence-electron chi connectivity index (χ0n) is 9.00. The molecule has 1 aliphatic heterocycles. The fourth-order valence-electron chi connectivity index (χ4n) is 2.26. The predicted octanol–water partition coefficient (Wildman–Crippen LogP) is 1.74. The minimum Gasteiger partial charge on any atom is -0.311 e. The molecule has 82 valence electrons. The van der Waals surface area contributed by atoms with Gasteiger partial charge < -0.3 is 10.3 Å². The van der Waals surface area contributed by atoms with Crippen molar-refractivity contribution in [1.82, 2.24) is 14.5 Å². The van der Waals surface area contributed by atoms with Crippen LogP contribution in [0.4, 0.5) is 0 Å². The molecule has 0 aliphatic carbocycles. The second-order valence-corrected chi connectivity index (χ2v) is 4.12. The Morgan fingerprint density at radius 3 is 3.06 bits per heavy atom. The van der Waals surface area contributed by atoms with Gasteiger partial charge in [0.1, 0.15) is 5.69 Å². The first kappa shape index (κ1) is 9.54. The standard InChI is InChI=1S/C12H14N4/c13-11-6-3-4-9-8-15-12(16(9)11)10-5-1-2-7-14-10/h1-2,5,7-8,11H,3-4,6,13H2. The topological polar surface area (TPSA) is 56.7 Å². The van der Waals surface area contributed by atoms with Crippen molar-refractivity contribution in [2.24, 2.45) is 5.73 Å². The summed E-state index contributed by atoms with van der Waals surface area (Å²) in [5, 5.41) is 0. The van der Waals surface area contributed by atoms with Gasteiger partial charge >= 0.3 is 0 Å². The summed E-state index contributed by atoms with van der Waals surface area (Å²) in [6.45, 7) is 0. The Morgan fingerprint density at radius 2 is 2.25 bits per heavy atom. The second-order valence-electron chi connectivity index (χ2n) is 4.12. The summed E-state index contributed by atoms with van der Waals surface area (Å²) in [4.78, 5) is 8.76. The first-order valence-electron chi connectivity index (χ1n) is 5.59. The number of hydrogen-bond acceptors (Lipinski definition) is 3. The molecule has 0 fully saturated rings. The average Bonchev–Trinajstić information content (AvgIpc) is 2.75. The van der Waals surface area contributed by atoms with Crippen molar-refractivity contribution in [2.75, 3.05) is 0 Å². The highest BCUT2D eigenvalue weighted by atomic mass is 15.2. The molecule has 3 rings (SSSR count). The quantitative estimate of drug-likeness (QED) is 0.786. The van der Waals surface area contributed by atoms with Gasteiger partial charge in [-0.25, -0.2) is 4.98 Å². The highest BCUT2D eigenvalue weighted by Crippen LogP contribution is 2.27. The lowest BCUT2D eigenvalue weighted by Gasteiger charge is -2.23. The molecule has 0 amide bonds. The third-order valence-electron chi connectivity index (χ3n) is 3.03. The molecule has 2 aromatic heterocycles. The Labute approximate surface area is 94.1 Å². The Balaban J connectivity index is 2.13. The minimum absolute atomic E-state index is 0.0447. The lowest BCUT2D eigenvalue weighted by Crippen LogP contribution is -2.25. The molecule has 2 N–H and O–H groups in total. The fourth-order valence-corrected chi connectivity index (χ4v) is 2.26. The van der Waals surface area contributed by atoms with Crippen LogP contribution >= 0.6 is 0 Å². The molecule has 16 heavy (non-hydrogen) atoms. The number of rotatable bonds is 1. The van der Waals surface area contributed by atoms with Gasteiger partial charge in [0.2, 0.25) is 0 Å². The Bertz CT molecular complexity index is 489. The summed E-state index contributed by atoms with van der Waals surface area (Å²) in [7, 11) is 0. The van der Waals surface area contributed by atoms with Crippen LogP contribution < -0.4 is 5.73 Å². The fraction of sp³-hybridized carbons (Fsp3) is 0.333. The van der Waals surface area contributed by atoms with E-state index >= 15 is 0 Å². The molecule has 0 bridgehead atoms. The van der Waals surface area contributed by atoms with Crippen molar-refractivity contribution >= 4 is 0 Å². The van der Waals surface area contributed by atoms with Gasteiger partial charge in [0.05, 0.1) is 6.17 Å². The molecule has 0 saturated heterocycles. The maximum absolute atomic E-state index is 6.12. The van der Waals surface area contributed by atoms with E-state index in [9.17, 15) is 0 Å². The van der Waals surface area contributed by atoms with Gasteiger partial charge in [-0.15, -0.1) is 0 Å². The van der Waals surface area contributed by atoms with Crippen LogP contribution in [0.1, 0.15) is 24.7 Å². The molecule has 2 aromatic rings. The number of aromatic nitrogens is 3. The number of pyridine rings is 1. The summed E-state index contributed by atoms with van der Waals surface area (Å²) in [5.41, 5.74) is 8.24. The first-order valence-corrected chi connectivity index (χ1v) is 5.59. The maximum atomic E-state index is 6.12. The predicted molar refractivity (Wildman–Crippen MR) is 61.6 cm³/mol. The van der Waals surface area contributed by atoms with Gasteiger partial charge in [0.15, 0.2) is 5.82 Å². The van der Waals surface area contributed by atoms with Crippen LogP contribution in [-0.4, -0.2) is 14.5 Å². The van der Waals surface area contributed by atoms with Crippen molar-refractivity contribution in [3.63, 3.8) is 0 Å². The maximum Gasteiger partial charge on any atom is 0.160 e. The molecule has 0 radical (unpaired) electrons. The molecule has 1 aliphatic rings. The van der Waals surface area contributed by atoms with Crippen molar-refractivity contribution in [3.05, 3.63) is 36.3 Å². The van der Waals surface area contributed by atoms with Gasteiger partial charge in [-0.2, -0.15) is 0 Å². The molecule has 0 spiro atoms. The van der Waals surface area contributed by atoms with Gasteiger partial charge in [-0.3, -0.25) is 4.98 Å². The van der Waals surface area contributed by atoms with E-state index in [-0.39, 0.29) is 6.17 Å². The largest absolute Gasteiger partial charge is 0.311 e. The zero-order chi connectivity index (χ0) is 11.0. The van der Waals surface area contributed by atoms with Gasteiger partial charge in [-0.05, 0) is 31.4 Å². The smallest absolute Gasteiger partial charge is 0.160 e. The summed E-state index contributed by atoms with van der Waals surface area (Å²) >= 11 is 0. The lowest BCUT2D eigenvalue weighted by molar-refractivity contribution is 0.417. The van der Waals surface area contributed by atoms with Crippen molar-refractivity contribution in [2.45, 2.75) is 25.4 Å². The van der Waals surface area contributed by atoms with E-state index < -0.39 is 0 Å². The number of nitrogens with two attached hydrogens (primary N) is 1. The summed E-state index contributed by atoms with van der Waals surface area (Å²) in [6, 6.07) is 5.85. The van der Waals surface area contributed by atoms with E-state index in [1.54, 1.807) is 6.20 Å². The highest BCUT2D eigenvalue weighted by molar-refractivity contribution is 5.50. The van der Waals surface area contributed by atoms with Crippen LogP contribution in [0.2, 0.25) is 0 Å². The molecule has 1 unspecified atom stereocenters. The third kappa shape index (κ3) is 1.42. The van der Waals surface area contributed by atoms with Gasteiger partial charge in [-0.1, -0.05) is 6.07 Å². The Kier molecular flexibility index (Phi) is 2.22. The molecule has 0 aromatic carbocycles. The molecule has 3 heterocycles. The van der Waals surface area contributed by atoms with E-state index in [1.165, 1.54) is 5.69 Å². The normalized spacial score (nSPS) is 19.4. The zero-order valence-corrected chi connectivity index (χ0v) is 9.00. The number of fused-ring (bicyclic) bond motifs is 1. The monoisotopic (exact) mass is 214 g/mol. The van der Waals surface area contributed by atoms with E-state index in [4.69, 9.17) is 5.73 Å². The number of nitrogens with zero attached hydrogens (tertiary/aromatic N) is 3. The Morgan fingerprint density at radius 1 is 1.31 bits per heavy atom. The van der Waals surface area contributed by atoms with E-state index in [0.29, 0.717) is 0 Å². The number of imidazole rings is 1. The molecule has 4 heteroatoms. The summed E-state index contributed by atoms with van der Waals surface area (Å²) in [5.74, 6) is 0.891. The van der Waals surface area contributed by atoms with Gasteiger partial charge in [0.25, 0.3) is 0 Å². The van der Waals surface area contributed by atoms with Crippen LogP contribution in [-0.2, 0) is 6.42 Å². The van der Waals surface area contributed by atoms with E-state index in [1.807, 2.05) is 24.4 Å². The summed E-state index contributed by atoms with van der Waals surface area (Å²) < 4.78 is 2.12. The average molecular weight is 214 g/mol. The van der Waals surface area contributed by atoms with Crippen molar-refractivity contribution < 1.29 is 0 Å². The van der Waals surface area contributed by atoms with Crippen LogP contribution in [0.25, 0.3) is 11.5 Å². The summed E-state index contributed by atoms with van der Waals surface area (Å²) in [6.07, 6.45) is 6.97. The number of aryl methyl sites for hydroxylation is 1. The van der Waals surface area contributed by atoms with Crippen molar-refractivity contribution in [3.8, 4) is 11.5 Å². The Hall–Kier alpha value is -1.68. The van der Waals surface area contributed by atoms with E-state index in [2.05, 4.69) is 14.5 Å². The van der Waals surface area contributed by atoms with Crippen LogP contribution in [0.15, 0.2) is 30.6 Å².